The molecule has 2 aromatic rings. The number of fused-ring (bicyclic) bond motifs is 1. The quantitative estimate of drug-likeness (QED) is 0.687. The number of nitrogens with one attached hydrogen (secondary N) is 1. The van der Waals surface area contributed by atoms with E-state index in [1.807, 2.05) is 41.4 Å². The van der Waals surface area contributed by atoms with Crippen LogP contribution < -0.4 is 21.9 Å². The maximum atomic E-state index is 6.16. The van der Waals surface area contributed by atoms with Crippen LogP contribution >= 0.6 is 0 Å². The number of anilines is 3. The summed E-state index contributed by atoms with van der Waals surface area (Å²) in [6.07, 6.45) is 1.34. The summed E-state index contributed by atoms with van der Waals surface area (Å²) in [7, 11) is 0. The van der Waals surface area contributed by atoms with E-state index in [1.54, 1.807) is 6.20 Å². The molecule has 0 radical (unpaired) electrons. The molecule has 5 heteroatoms. The third kappa shape index (κ3) is 1.57. The molecule has 86 valence electrons. The van der Waals surface area contributed by atoms with Crippen molar-refractivity contribution in [3.8, 4) is 0 Å². The standard InChI is InChI=1S/C12H13N5/c13-8-6-10-11(14)17(16-12(10)15-7-8)9-4-2-1-3-5-9/h1-7,11H,13-14H2,(H,15,16). The molecule has 5 N–H and O–H groups in total. The van der Waals surface area contributed by atoms with Crippen LogP contribution in [0.4, 0.5) is 17.2 Å². The zero-order chi connectivity index (χ0) is 11.8. The predicted molar refractivity (Wildman–Crippen MR) is 68.1 cm³/mol. The number of benzene rings is 1. The van der Waals surface area contributed by atoms with Crippen molar-refractivity contribution in [2.75, 3.05) is 16.2 Å². The van der Waals surface area contributed by atoms with Gasteiger partial charge in [0.2, 0.25) is 0 Å². The summed E-state index contributed by atoms with van der Waals surface area (Å²) in [5.74, 6) is 0.760. The summed E-state index contributed by atoms with van der Waals surface area (Å²) >= 11 is 0. The Bertz CT molecular complexity index is 540. The molecule has 1 aromatic heterocycles. The van der Waals surface area contributed by atoms with Crippen LogP contribution in [-0.2, 0) is 0 Å². The van der Waals surface area contributed by atoms with E-state index in [0.29, 0.717) is 5.69 Å². The first kappa shape index (κ1) is 9.92. The average molecular weight is 227 g/mol. The molecule has 0 aliphatic carbocycles. The second-order valence-corrected chi connectivity index (χ2v) is 3.97. The van der Waals surface area contributed by atoms with Gasteiger partial charge in [0.25, 0.3) is 0 Å². The molecule has 0 saturated carbocycles. The van der Waals surface area contributed by atoms with Crippen molar-refractivity contribution in [1.29, 1.82) is 0 Å². The van der Waals surface area contributed by atoms with Crippen LogP contribution in [0.15, 0.2) is 42.6 Å². The maximum Gasteiger partial charge on any atom is 0.151 e. The van der Waals surface area contributed by atoms with Gasteiger partial charge < -0.3 is 11.5 Å². The first-order valence-electron chi connectivity index (χ1n) is 5.37. The Balaban J connectivity index is 1.99. The lowest BCUT2D eigenvalue weighted by molar-refractivity contribution is 0.740. The van der Waals surface area contributed by atoms with Crippen LogP contribution in [-0.4, -0.2) is 4.98 Å². The van der Waals surface area contributed by atoms with Gasteiger partial charge in [0.1, 0.15) is 6.17 Å². The molecule has 1 unspecified atom stereocenters. The Morgan fingerprint density at radius 1 is 1.24 bits per heavy atom. The summed E-state index contributed by atoms with van der Waals surface area (Å²) in [5.41, 5.74) is 17.6. The molecule has 3 rings (SSSR count). The topological polar surface area (TPSA) is 80.2 Å². The monoisotopic (exact) mass is 227 g/mol. The minimum absolute atomic E-state index is 0.275. The van der Waals surface area contributed by atoms with E-state index in [-0.39, 0.29) is 6.17 Å². The molecule has 1 atom stereocenters. The number of rotatable bonds is 1. The summed E-state index contributed by atoms with van der Waals surface area (Å²) in [6, 6.07) is 11.7. The fourth-order valence-electron chi connectivity index (χ4n) is 1.95. The van der Waals surface area contributed by atoms with Gasteiger partial charge in [-0.15, -0.1) is 0 Å². The second kappa shape index (κ2) is 3.64. The van der Waals surface area contributed by atoms with Gasteiger partial charge in [-0.25, -0.2) is 4.98 Å². The van der Waals surface area contributed by atoms with Crippen LogP contribution in [0, 0.1) is 0 Å². The minimum Gasteiger partial charge on any atom is -0.397 e. The Hall–Kier alpha value is -2.27. The van der Waals surface area contributed by atoms with Crippen molar-refractivity contribution < 1.29 is 0 Å². The average Bonchev–Trinajstić information content (AvgIpc) is 2.68. The fraction of sp³-hybridized carbons (Fsp3) is 0.0833. The zero-order valence-electron chi connectivity index (χ0n) is 9.17. The molecular formula is C12H13N5. The lowest BCUT2D eigenvalue weighted by Gasteiger charge is -2.23. The number of hydrogen-bond donors (Lipinski definition) is 3. The van der Waals surface area contributed by atoms with Gasteiger partial charge in [-0.3, -0.25) is 10.4 Å². The van der Waals surface area contributed by atoms with Crippen molar-refractivity contribution in [2.45, 2.75) is 6.17 Å². The van der Waals surface area contributed by atoms with Crippen molar-refractivity contribution in [3.63, 3.8) is 0 Å². The van der Waals surface area contributed by atoms with E-state index in [9.17, 15) is 0 Å². The van der Waals surface area contributed by atoms with Gasteiger partial charge in [0.05, 0.1) is 17.6 Å². The fourth-order valence-corrected chi connectivity index (χ4v) is 1.95. The number of nitrogens with two attached hydrogens (primary N) is 2. The lowest BCUT2D eigenvalue weighted by Crippen LogP contribution is -2.32. The molecule has 1 aliphatic rings. The highest BCUT2D eigenvalue weighted by molar-refractivity contribution is 5.65. The first-order valence-corrected chi connectivity index (χ1v) is 5.37. The van der Waals surface area contributed by atoms with E-state index >= 15 is 0 Å². The zero-order valence-corrected chi connectivity index (χ0v) is 9.17. The van der Waals surface area contributed by atoms with Crippen LogP contribution in [0.1, 0.15) is 11.7 Å². The molecule has 2 heterocycles. The van der Waals surface area contributed by atoms with Crippen LogP contribution in [0.25, 0.3) is 0 Å². The van der Waals surface area contributed by atoms with Crippen molar-refractivity contribution >= 4 is 17.2 Å². The van der Waals surface area contributed by atoms with E-state index in [1.165, 1.54) is 0 Å². The number of para-hydroxylation sites is 1. The SMILES string of the molecule is Nc1cnc2c(c1)C(N)N(c1ccccc1)N2. The number of pyridine rings is 1. The number of nitrogen functional groups attached to an aromatic ring is 1. The van der Waals surface area contributed by atoms with Gasteiger partial charge in [0, 0.05) is 5.56 Å². The van der Waals surface area contributed by atoms with E-state index < -0.39 is 0 Å². The second-order valence-electron chi connectivity index (χ2n) is 3.97. The van der Waals surface area contributed by atoms with Crippen LogP contribution in [0.3, 0.4) is 0 Å². The Kier molecular flexibility index (Phi) is 2.12. The first-order chi connectivity index (χ1) is 8.25. The normalized spacial score (nSPS) is 17.7. The largest absolute Gasteiger partial charge is 0.397 e. The minimum atomic E-state index is -0.275. The highest BCUT2D eigenvalue weighted by atomic mass is 15.6. The van der Waals surface area contributed by atoms with Gasteiger partial charge in [-0.2, -0.15) is 0 Å². The Labute approximate surface area is 99.0 Å². The van der Waals surface area contributed by atoms with Gasteiger partial charge in [-0.05, 0) is 18.2 Å². The van der Waals surface area contributed by atoms with Gasteiger partial charge in [0.15, 0.2) is 5.82 Å². The van der Waals surface area contributed by atoms with E-state index in [2.05, 4.69) is 10.4 Å². The van der Waals surface area contributed by atoms with Gasteiger partial charge >= 0.3 is 0 Å². The van der Waals surface area contributed by atoms with Crippen molar-refractivity contribution in [3.05, 3.63) is 48.2 Å². The molecular weight excluding hydrogens is 214 g/mol. The van der Waals surface area contributed by atoms with E-state index in [0.717, 1.165) is 17.1 Å². The van der Waals surface area contributed by atoms with Gasteiger partial charge in [-0.1, -0.05) is 18.2 Å². The molecule has 0 saturated heterocycles. The predicted octanol–water partition coefficient (Wildman–Crippen LogP) is 1.47. The number of hydrogen-bond acceptors (Lipinski definition) is 5. The third-order valence-electron chi connectivity index (χ3n) is 2.80. The molecule has 0 amide bonds. The van der Waals surface area contributed by atoms with Crippen LogP contribution in [0.5, 0.6) is 0 Å². The molecule has 0 spiro atoms. The summed E-state index contributed by atoms with van der Waals surface area (Å²) < 4.78 is 0. The maximum absolute atomic E-state index is 6.16. The number of hydrazine groups is 1. The lowest BCUT2D eigenvalue weighted by atomic mass is 10.2. The van der Waals surface area contributed by atoms with Crippen molar-refractivity contribution in [1.82, 2.24) is 4.98 Å². The molecule has 0 fully saturated rings. The summed E-state index contributed by atoms with van der Waals surface area (Å²) in [5, 5.41) is 1.87. The van der Waals surface area contributed by atoms with Crippen LogP contribution in [0.2, 0.25) is 0 Å². The summed E-state index contributed by atoms with van der Waals surface area (Å²) in [6.45, 7) is 0. The summed E-state index contributed by atoms with van der Waals surface area (Å²) in [4.78, 5) is 4.23. The molecule has 0 bridgehead atoms. The smallest absolute Gasteiger partial charge is 0.151 e. The number of aromatic nitrogens is 1. The molecule has 5 nitrogen and oxygen atoms in total. The van der Waals surface area contributed by atoms with E-state index in [4.69, 9.17) is 11.5 Å². The van der Waals surface area contributed by atoms with Crippen molar-refractivity contribution in [2.24, 2.45) is 5.73 Å². The molecule has 17 heavy (non-hydrogen) atoms. The highest BCUT2D eigenvalue weighted by Crippen LogP contribution is 2.34. The highest BCUT2D eigenvalue weighted by Gasteiger charge is 2.28. The third-order valence-corrected chi connectivity index (χ3v) is 2.80. The Morgan fingerprint density at radius 2 is 2.00 bits per heavy atom. The Morgan fingerprint density at radius 3 is 2.76 bits per heavy atom. The molecule has 1 aromatic carbocycles. The molecule has 1 aliphatic heterocycles. The number of nitrogens with zero attached hydrogens (tertiary/aromatic N) is 2.